The van der Waals surface area contributed by atoms with Crippen LogP contribution in [-0.2, 0) is 0 Å². The van der Waals surface area contributed by atoms with Crippen molar-refractivity contribution < 1.29 is 4.42 Å². The molecule has 4 nitrogen and oxygen atoms in total. The van der Waals surface area contributed by atoms with Crippen molar-refractivity contribution in [3.05, 3.63) is 11.8 Å². The Morgan fingerprint density at radius 1 is 1.41 bits per heavy atom. The first kappa shape index (κ1) is 12.6. The van der Waals surface area contributed by atoms with Gasteiger partial charge in [0.05, 0.1) is 6.04 Å². The van der Waals surface area contributed by atoms with E-state index in [0.717, 1.165) is 37.6 Å². The zero-order valence-electron chi connectivity index (χ0n) is 11.3. The van der Waals surface area contributed by atoms with Crippen LogP contribution < -0.4 is 5.32 Å². The molecule has 1 aliphatic rings. The molecule has 1 heterocycles. The molecule has 1 aromatic rings. The fourth-order valence-corrected chi connectivity index (χ4v) is 2.14. The average molecular weight is 237 g/mol. The second-order valence-electron chi connectivity index (χ2n) is 5.64. The molecule has 1 aliphatic carbocycles. The highest BCUT2D eigenvalue weighted by Gasteiger charge is 2.50. The molecule has 0 aromatic carbocycles. The Balaban J connectivity index is 2.01. The second-order valence-corrected chi connectivity index (χ2v) is 5.64. The molecule has 0 amide bonds. The summed E-state index contributed by atoms with van der Waals surface area (Å²) >= 11 is 0. The van der Waals surface area contributed by atoms with E-state index in [1.807, 2.05) is 0 Å². The molecular formula is C13H23N3O. The van der Waals surface area contributed by atoms with Crippen LogP contribution in [0.1, 0.15) is 70.7 Å². The fourth-order valence-electron chi connectivity index (χ4n) is 2.14. The van der Waals surface area contributed by atoms with Crippen LogP contribution in [0.4, 0.5) is 0 Å². The van der Waals surface area contributed by atoms with Crippen molar-refractivity contribution in [3.8, 4) is 0 Å². The van der Waals surface area contributed by atoms with Gasteiger partial charge in [0.25, 0.3) is 0 Å². The lowest BCUT2D eigenvalue weighted by Crippen LogP contribution is -2.21. The maximum absolute atomic E-state index is 5.81. The molecule has 17 heavy (non-hydrogen) atoms. The van der Waals surface area contributed by atoms with E-state index in [4.69, 9.17) is 4.42 Å². The number of nitrogens with one attached hydrogen (secondary N) is 1. The van der Waals surface area contributed by atoms with E-state index in [-0.39, 0.29) is 6.04 Å². The predicted molar refractivity (Wildman–Crippen MR) is 66.8 cm³/mol. The predicted octanol–water partition coefficient (Wildman–Crippen LogP) is 3.03. The third kappa shape index (κ3) is 2.68. The van der Waals surface area contributed by atoms with Crippen LogP contribution in [0.3, 0.4) is 0 Å². The number of aromatic nitrogens is 2. The summed E-state index contributed by atoms with van der Waals surface area (Å²) in [6.45, 7) is 9.78. The SMILES string of the molecule is CCCNC(CC)c1nnc(C2CC2(C)C)o1. The molecule has 1 fully saturated rings. The first-order valence-corrected chi connectivity index (χ1v) is 6.65. The Kier molecular flexibility index (Phi) is 3.52. The molecule has 1 saturated carbocycles. The van der Waals surface area contributed by atoms with Gasteiger partial charge in [-0.05, 0) is 31.2 Å². The molecule has 0 radical (unpaired) electrons. The van der Waals surface area contributed by atoms with Gasteiger partial charge >= 0.3 is 0 Å². The normalized spacial score (nSPS) is 23.6. The second kappa shape index (κ2) is 4.77. The quantitative estimate of drug-likeness (QED) is 0.826. The molecule has 96 valence electrons. The van der Waals surface area contributed by atoms with Crippen molar-refractivity contribution in [2.24, 2.45) is 5.41 Å². The summed E-state index contributed by atoms with van der Waals surface area (Å²) in [5, 5.41) is 11.8. The highest BCUT2D eigenvalue weighted by atomic mass is 16.4. The standard InChI is InChI=1S/C13H23N3O/c1-5-7-14-10(6-2)12-16-15-11(17-12)9-8-13(9,3)4/h9-10,14H,5-8H2,1-4H3. The Bertz CT molecular complexity index is 372. The van der Waals surface area contributed by atoms with Crippen LogP contribution in [0.15, 0.2) is 4.42 Å². The van der Waals surface area contributed by atoms with Crippen molar-refractivity contribution >= 4 is 0 Å². The lowest BCUT2D eigenvalue weighted by atomic mass is 10.1. The van der Waals surface area contributed by atoms with Gasteiger partial charge in [0.15, 0.2) is 0 Å². The third-order valence-corrected chi connectivity index (χ3v) is 3.61. The maximum Gasteiger partial charge on any atom is 0.233 e. The minimum Gasteiger partial charge on any atom is -0.423 e. The Morgan fingerprint density at radius 3 is 2.65 bits per heavy atom. The summed E-state index contributed by atoms with van der Waals surface area (Å²) < 4.78 is 5.81. The Labute approximate surface area is 103 Å². The smallest absolute Gasteiger partial charge is 0.233 e. The van der Waals surface area contributed by atoms with Crippen LogP contribution in [-0.4, -0.2) is 16.7 Å². The van der Waals surface area contributed by atoms with Crippen molar-refractivity contribution in [2.75, 3.05) is 6.54 Å². The molecule has 0 aliphatic heterocycles. The summed E-state index contributed by atoms with van der Waals surface area (Å²) in [5.41, 5.74) is 0.350. The van der Waals surface area contributed by atoms with Gasteiger partial charge in [0.2, 0.25) is 11.8 Å². The van der Waals surface area contributed by atoms with E-state index in [1.54, 1.807) is 0 Å². The zero-order valence-corrected chi connectivity index (χ0v) is 11.3. The Morgan fingerprint density at radius 2 is 2.12 bits per heavy atom. The monoisotopic (exact) mass is 237 g/mol. The van der Waals surface area contributed by atoms with E-state index in [2.05, 4.69) is 43.2 Å². The maximum atomic E-state index is 5.81. The number of hydrogen-bond acceptors (Lipinski definition) is 4. The first-order valence-electron chi connectivity index (χ1n) is 6.65. The van der Waals surface area contributed by atoms with Crippen molar-refractivity contribution in [1.82, 2.24) is 15.5 Å². The van der Waals surface area contributed by atoms with Crippen LogP contribution in [0.25, 0.3) is 0 Å². The summed E-state index contributed by atoms with van der Waals surface area (Å²) in [4.78, 5) is 0. The van der Waals surface area contributed by atoms with E-state index in [1.165, 1.54) is 0 Å². The number of nitrogens with zero attached hydrogens (tertiary/aromatic N) is 2. The van der Waals surface area contributed by atoms with Gasteiger partial charge in [-0.1, -0.05) is 27.7 Å². The van der Waals surface area contributed by atoms with E-state index < -0.39 is 0 Å². The topological polar surface area (TPSA) is 51.0 Å². The average Bonchev–Trinajstić information content (AvgIpc) is 2.75. The van der Waals surface area contributed by atoms with Gasteiger partial charge in [0.1, 0.15) is 0 Å². The molecule has 1 aromatic heterocycles. The summed E-state index contributed by atoms with van der Waals surface area (Å²) in [6, 6.07) is 0.207. The van der Waals surface area contributed by atoms with Crippen molar-refractivity contribution in [1.29, 1.82) is 0 Å². The van der Waals surface area contributed by atoms with Gasteiger partial charge in [-0.2, -0.15) is 0 Å². The first-order chi connectivity index (χ1) is 8.08. The molecule has 2 rings (SSSR count). The molecule has 1 N–H and O–H groups in total. The van der Waals surface area contributed by atoms with Crippen LogP contribution in [0, 0.1) is 5.41 Å². The van der Waals surface area contributed by atoms with Crippen LogP contribution >= 0.6 is 0 Å². The van der Waals surface area contributed by atoms with Gasteiger partial charge in [-0.3, -0.25) is 0 Å². The number of rotatable bonds is 6. The lowest BCUT2D eigenvalue weighted by molar-refractivity contribution is 0.366. The zero-order chi connectivity index (χ0) is 12.5. The minimum absolute atomic E-state index is 0.207. The highest BCUT2D eigenvalue weighted by molar-refractivity contribution is 5.12. The van der Waals surface area contributed by atoms with Crippen LogP contribution in [0.2, 0.25) is 0 Å². The molecular weight excluding hydrogens is 214 g/mol. The third-order valence-electron chi connectivity index (χ3n) is 3.61. The van der Waals surface area contributed by atoms with Gasteiger partial charge < -0.3 is 9.73 Å². The molecule has 0 bridgehead atoms. The van der Waals surface area contributed by atoms with Gasteiger partial charge in [-0.15, -0.1) is 10.2 Å². The number of hydrogen-bond donors (Lipinski definition) is 1. The minimum atomic E-state index is 0.207. The van der Waals surface area contributed by atoms with Crippen molar-refractivity contribution in [3.63, 3.8) is 0 Å². The van der Waals surface area contributed by atoms with Gasteiger partial charge in [-0.25, -0.2) is 0 Å². The van der Waals surface area contributed by atoms with E-state index in [0.29, 0.717) is 11.3 Å². The fraction of sp³-hybridized carbons (Fsp3) is 0.846. The van der Waals surface area contributed by atoms with Crippen LogP contribution in [0.5, 0.6) is 0 Å². The largest absolute Gasteiger partial charge is 0.423 e. The summed E-state index contributed by atoms with van der Waals surface area (Å²) in [5.74, 6) is 2.04. The summed E-state index contributed by atoms with van der Waals surface area (Å²) in [7, 11) is 0. The molecule has 2 atom stereocenters. The Hall–Kier alpha value is -0.900. The van der Waals surface area contributed by atoms with E-state index >= 15 is 0 Å². The molecule has 4 heteroatoms. The van der Waals surface area contributed by atoms with E-state index in [9.17, 15) is 0 Å². The van der Waals surface area contributed by atoms with Gasteiger partial charge in [0, 0.05) is 5.92 Å². The molecule has 0 saturated heterocycles. The lowest BCUT2D eigenvalue weighted by Gasteiger charge is -2.11. The van der Waals surface area contributed by atoms with Crippen molar-refractivity contribution in [2.45, 2.75) is 58.9 Å². The summed E-state index contributed by atoms with van der Waals surface area (Å²) in [6.07, 6.45) is 3.26. The highest BCUT2D eigenvalue weighted by Crippen LogP contribution is 2.58. The molecule has 0 spiro atoms. The molecule has 2 unspecified atom stereocenters.